The van der Waals surface area contributed by atoms with Crippen LogP contribution in [0.4, 0.5) is 8.78 Å². The maximum Gasteiger partial charge on any atom is 0.380 e. The Labute approximate surface area is 227 Å². The number of benzene rings is 1. The summed E-state index contributed by atoms with van der Waals surface area (Å²) in [7, 11) is -4.20. The van der Waals surface area contributed by atoms with Crippen molar-refractivity contribution in [3.05, 3.63) is 63.2 Å². The number of hydrogen-bond acceptors (Lipinski definition) is 9. The molecule has 1 fully saturated rings. The molecule has 3 rings (SSSR count). The first kappa shape index (κ1) is 31.0. The fraction of sp³-hybridized carbons (Fsp3) is 0.542. The van der Waals surface area contributed by atoms with E-state index in [1.807, 2.05) is 0 Å². The van der Waals surface area contributed by atoms with Gasteiger partial charge in [-0.05, 0) is 32.9 Å². The van der Waals surface area contributed by atoms with Gasteiger partial charge < -0.3 is 19.1 Å². The third-order valence-corrected chi connectivity index (χ3v) is 8.56. The molecule has 0 saturated carbocycles. The van der Waals surface area contributed by atoms with Crippen molar-refractivity contribution in [3.8, 4) is 5.75 Å². The van der Waals surface area contributed by atoms with Crippen LogP contribution in [0.15, 0.2) is 46.1 Å². The third kappa shape index (κ3) is 6.96. The predicted octanol–water partition coefficient (Wildman–Crippen LogP) is 3.15. The molecule has 15 heteroatoms. The number of alkyl halides is 2. The number of nitrogens with one attached hydrogen (secondary N) is 1. The highest BCUT2D eigenvalue weighted by molar-refractivity contribution is 7.54. The number of aromatic amines is 1. The molecule has 0 radical (unpaired) electrons. The van der Waals surface area contributed by atoms with Crippen molar-refractivity contribution in [2.45, 2.75) is 63.2 Å². The normalized spacial score (nSPS) is 26.1. The maximum absolute atomic E-state index is 14.2. The Morgan fingerprint density at radius 3 is 2.49 bits per heavy atom. The van der Waals surface area contributed by atoms with Gasteiger partial charge >= 0.3 is 19.3 Å². The zero-order valence-corrected chi connectivity index (χ0v) is 23.2. The zero-order valence-electron chi connectivity index (χ0n) is 21.6. The number of hydrogen-bond donors (Lipinski definition) is 2. The lowest BCUT2D eigenvalue weighted by atomic mass is 9.97. The van der Waals surface area contributed by atoms with Crippen molar-refractivity contribution >= 4 is 25.2 Å². The van der Waals surface area contributed by atoms with Crippen LogP contribution in [0.5, 0.6) is 5.75 Å². The molecular weight excluding hydrogens is 565 g/mol. The van der Waals surface area contributed by atoms with Crippen LogP contribution < -0.4 is 15.8 Å². The van der Waals surface area contributed by atoms with Crippen LogP contribution in [0, 0.1) is 11.7 Å². The lowest BCUT2D eigenvalue weighted by molar-refractivity contribution is -0.151. The molecule has 7 atom stereocenters. The highest BCUT2D eigenvalue weighted by Gasteiger charge is 2.59. The number of esters is 1. The molecule has 1 aromatic carbocycles. The lowest BCUT2D eigenvalue weighted by Gasteiger charge is -2.29. The Kier molecular flexibility index (Phi) is 9.77. The summed E-state index contributed by atoms with van der Waals surface area (Å²) >= 11 is 6.34. The fourth-order valence-electron chi connectivity index (χ4n) is 4.02. The van der Waals surface area contributed by atoms with E-state index in [4.69, 9.17) is 30.1 Å². The van der Waals surface area contributed by atoms with Gasteiger partial charge in [-0.3, -0.25) is 23.7 Å². The standard InChI is InChI=1S/C24H30ClF2N2O9P/c1-13(2)35-21(32)14(3)11-39(34,38-16-8-6-5-7-9-16)37-15(4)18-19(30)24(25,12-26)22(36-18)29-10-17(27)20(31)28-23(29)33/h5-10,13-15,18-19,22,30H,11-12H2,1-4H3,(H,28,31,33)/t14-,15-,18-,19+,22-,24?,39-/m1/s1. The summed E-state index contributed by atoms with van der Waals surface area (Å²) < 4.78 is 64.8. The fourth-order valence-corrected chi connectivity index (χ4v) is 6.39. The first-order chi connectivity index (χ1) is 18.2. The second kappa shape index (κ2) is 12.3. The van der Waals surface area contributed by atoms with E-state index in [0.717, 1.165) is 0 Å². The van der Waals surface area contributed by atoms with E-state index in [-0.39, 0.29) is 5.75 Å². The van der Waals surface area contributed by atoms with Crippen molar-refractivity contribution in [3.63, 3.8) is 0 Å². The average Bonchev–Trinajstić information content (AvgIpc) is 3.12. The van der Waals surface area contributed by atoms with Crippen molar-refractivity contribution in [1.82, 2.24) is 9.55 Å². The lowest BCUT2D eigenvalue weighted by Crippen LogP contribution is -2.48. The first-order valence-corrected chi connectivity index (χ1v) is 14.1. The van der Waals surface area contributed by atoms with Gasteiger partial charge in [-0.25, -0.2) is 13.8 Å². The van der Waals surface area contributed by atoms with E-state index in [9.17, 15) is 32.8 Å². The molecule has 11 nitrogen and oxygen atoms in total. The summed E-state index contributed by atoms with van der Waals surface area (Å²) in [5, 5.41) is 10.9. The number of halogens is 3. The van der Waals surface area contributed by atoms with Crippen LogP contribution in [0.25, 0.3) is 0 Å². The number of nitrogens with zero attached hydrogens (tertiary/aromatic N) is 1. The molecular formula is C24H30ClF2N2O9P. The molecule has 1 aliphatic rings. The van der Waals surface area contributed by atoms with Gasteiger partial charge in [0.1, 0.15) is 29.5 Å². The van der Waals surface area contributed by atoms with Crippen LogP contribution in [-0.4, -0.2) is 62.8 Å². The summed E-state index contributed by atoms with van der Waals surface area (Å²) in [6, 6.07) is 7.97. The Morgan fingerprint density at radius 1 is 1.26 bits per heavy atom. The Bertz CT molecular complexity index is 1320. The van der Waals surface area contributed by atoms with Crippen LogP contribution in [0.2, 0.25) is 0 Å². The second-order valence-corrected chi connectivity index (χ2v) is 12.2. The van der Waals surface area contributed by atoms with Crippen molar-refractivity contribution < 1.29 is 41.8 Å². The molecule has 2 N–H and O–H groups in total. The molecule has 1 aliphatic heterocycles. The number of aliphatic hydroxyl groups excluding tert-OH is 1. The first-order valence-electron chi connectivity index (χ1n) is 12.0. The summed E-state index contributed by atoms with van der Waals surface area (Å²) in [6.07, 6.45) is -6.85. The Balaban J connectivity index is 1.91. The zero-order chi connectivity index (χ0) is 29.1. The van der Waals surface area contributed by atoms with Crippen LogP contribution in [-0.2, 0) is 23.4 Å². The minimum absolute atomic E-state index is 0.161. The highest BCUT2D eigenvalue weighted by atomic mass is 35.5. The van der Waals surface area contributed by atoms with E-state index in [2.05, 4.69) is 0 Å². The molecule has 0 bridgehead atoms. The molecule has 2 heterocycles. The molecule has 0 spiro atoms. The smallest absolute Gasteiger partial charge is 0.380 e. The van der Waals surface area contributed by atoms with Crippen LogP contribution in [0.1, 0.15) is 33.9 Å². The van der Waals surface area contributed by atoms with Gasteiger partial charge in [0, 0.05) is 0 Å². The summed E-state index contributed by atoms with van der Waals surface area (Å²) in [6.45, 7) is 4.68. The van der Waals surface area contributed by atoms with Gasteiger partial charge in [0.25, 0.3) is 5.56 Å². The third-order valence-electron chi connectivity index (χ3n) is 5.91. The second-order valence-electron chi connectivity index (χ2n) is 9.50. The molecule has 1 aromatic heterocycles. The highest BCUT2D eigenvalue weighted by Crippen LogP contribution is 2.53. The van der Waals surface area contributed by atoms with E-state index in [1.54, 1.807) is 37.0 Å². The quantitative estimate of drug-likeness (QED) is 0.227. The maximum atomic E-state index is 14.2. The molecule has 1 saturated heterocycles. The van der Waals surface area contributed by atoms with Gasteiger partial charge in [-0.15, -0.1) is 11.6 Å². The van der Waals surface area contributed by atoms with Crippen molar-refractivity contribution in [2.75, 3.05) is 12.8 Å². The predicted molar refractivity (Wildman–Crippen MR) is 136 cm³/mol. The number of aliphatic hydroxyl groups is 1. The van der Waals surface area contributed by atoms with Gasteiger partial charge in [-0.2, -0.15) is 4.39 Å². The van der Waals surface area contributed by atoms with Gasteiger partial charge in [0.05, 0.1) is 30.5 Å². The number of rotatable bonds is 11. The Hall–Kier alpha value is -2.57. The molecule has 216 valence electrons. The number of ether oxygens (including phenoxy) is 2. The molecule has 2 aromatic rings. The number of aromatic nitrogens is 2. The number of para-hydroxylation sites is 1. The monoisotopic (exact) mass is 594 g/mol. The number of carbonyl (C=O) groups is 1. The van der Waals surface area contributed by atoms with E-state index in [0.29, 0.717) is 10.8 Å². The summed E-state index contributed by atoms with van der Waals surface area (Å²) in [5.41, 5.74) is -2.48. The molecule has 0 aliphatic carbocycles. The summed E-state index contributed by atoms with van der Waals surface area (Å²) in [4.78, 5) is 35.6. The Morgan fingerprint density at radius 2 is 1.90 bits per heavy atom. The summed E-state index contributed by atoms with van der Waals surface area (Å²) in [5.74, 6) is -2.79. The largest absolute Gasteiger partial charge is 0.463 e. The minimum Gasteiger partial charge on any atom is -0.463 e. The van der Waals surface area contributed by atoms with Crippen LogP contribution in [0.3, 0.4) is 0 Å². The van der Waals surface area contributed by atoms with Crippen molar-refractivity contribution in [1.29, 1.82) is 0 Å². The van der Waals surface area contributed by atoms with E-state index < -0.39 is 84.9 Å². The minimum atomic E-state index is -4.20. The van der Waals surface area contributed by atoms with E-state index >= 15 is 0 Å². The average molecular weight is 595 g/mol. The molecule has 1 unspecified atom stereocenters. The molecule has 39 heavy (non-hydrogen) atoms. The van der Waals surface area contributed by atoms with Gasteiger partial charge in [-0.1, -0.05) is 25.1 Å². The topological polar surface area (TPSA) is 146 Å². The molecule has 0 amide bonds. The van der Waals surface area contributed by atoms with E-state index in [1.165, 1.54) is 26.0 Å². The van der Waals surface area contributed by atoms with Crippen LogP contribution >= 0.6 is 19.2 Å². The van der Waals surface area contributed by atoms with Gasteiger partial charge in [0.15, 0.2) is 6.23 Å². The number of carbonyl (C=O) groups excluding carboxylic acids is 1. The van der Waals surface area contributed by atoms with Crippen molar-refractivity contribution in [2.24, 2.45) is 5.92 Å². The number of H-pyrrole nitrogens is 1. The SMILES string of the molecule is CC(C)OC(=O)[C@H](C)C[P@](=O)(Oc1ccccc1)O[C@H](C)[C@H]1O[C@@H](n2cc(F)c(=O)[nH]c2=O)C(Cl)(CF)[C@H]1O. The van der Waals surface area contributed by atoms with Gasteiger partial charge in [0.2, 0.25) is 5.82 Å².